The maximum absolute atomic E-state index is 14.2. The molecule has 3 aromatic carbocycles. The molecule has 0 saturated heterocycles. The SMILES string of the molecule is CC(C)c1c(C(=O)Nc2ccccc2)c(-c2ccccc2)c(-c2ccc(F)cc2)n1CC[C@@H](O)C[14C@@H](O)CC(=O)OC(C)(C)C. The third-order valence-electron chi connectivity index (χ3n) is 7.34. The second kappa shape index (κ2) is 14.7. The van der Waals surface area contributed by atoms with Crippen LogP contribution < -0.4 is 5.32 Å². The van der Waals surface area contributed by atoms with Crippen LogP contribution in [0.2, 0.25) is 0 Å². The number of ether oxygens (including phenoxy) is 1. The number of benzene rings is 3. The molecule has 1 amide bonds. The van der Waals surface area contributed by atoms with Crippen molar-refractivity contribution in [2.45, 2.75) is 84.2 Å². The van der Waals surface area contributed by atoms with E-state index in [0.717, 1.165) is 22.5 Å². The molecule has 0 radical (unpaired) electrons. The number of aliphatic hydroxyl groups excluding tert-OH is 2. The highest BCUT2D eigenvalue weighted by atomic mass is 19.1. The molecule has 0 spiro atoms. The zero-order chi connectivity index (χ0) is 32.7. The smallest absolute Gasteiger partial charge is 0.308 e. The van der Waals surface area contributed by atoms with Crippen LogP contribution in [-0.4, -0.2) is 44.5 Å². The molecule has 0 fully saturated rings. The number of hydrogen-bond donors (Lipinski definition) is 3. The van der Waals surface area contributed by atoms with Gasteiger partial charge in [0.05, 0.1) is 29.9 Å². The van der Waals surface area contributed by atoms with Crippen molar-refractivity contribution in [3.05, 3.63) is 102 Å². The number of carbonyl (C=O) groups excluding carboxylic acids is 2. The highest BCUT2D eigenvalue weighted by molar-refractivity contribution is 6.12. The van der Waals surface area contributed by atoms with Gasteiger partial charge in [0, 0.05) is 23.5 Å². The average Bonchev–Trinajstić information content (AvgIpc) is 3.32. The molecule has 8 heteroatoms. The summed E-state index contributed by atoms with van der Waals surface area (Å²) in [6.07, 6.45) is -2.02. The van der Waals surface area contributed by atoms with Crippen LogP contribution in [0.5, 0.6) is 0 Å². The van der Waals surface area contributed by atoms with E-state index in [1.54, 1.807) is 32.9 Å². The van der Waals surface area contributed by atoms with Gasteiger partial charge in [0.2, 0.25) is 0 Å². The van der Waals surface area contributed by atoms with Crippen molar-refractivity contribution >= 4 is 17.6 Å². The number of aliphatic hydroxyl groups is 2. The molecule has 0 bridgehead atoms. The quantitative estimate of drug-likeness (QED) is 0.143. The number of amides is 1. The van der Waals surface area contributed by atoms with Gasteiger partial charge in [-0.2, -0.15) is 0 Å². The number of anilines is 1. The van der Waals surface area contributed by atoms with Crippen LogP contribution in [0.1, 0.15) is 75.9 Å². The lowest BCUT2D eigenvalue weighted by Gasteiger charge is -2.22. The van der Waals surface area contributed by atoms with Crippen LogP contribution in [0.4, 0.5) is 10.1 Å². The monoisotopic (exact) mass is 616 g/mol. The van der Waals surface area contributed by atoms with E-state index in [1.807, 2.05) is 79.1 Å². The Balaban J connectivity index is 1.78. The fourth-order valence-electron chi connectivity index (χ4n) is 5.58. The summed E-state index contributed by atoms with van der Waals surface area (Å²) in [5.74, 6) is -1.29. The summed E-state index contributed by atoms with van der Waals surface area (Å²) in [7, 11) is 0. The van der Waals surface area contributed by atoms with Crippen molar-refractivity contribution < 1.29 is 28.9 Å². The lowest BCUT2D eigenvalue weighted by atomic mass is 9.94. The largest absolute Gasteiger partial charge is 0.460 e. The number of para-hydroxylation sites is 1. The van der Waals surface area contributed by atoms with Gasteiger partial charge in [-0.05, 0) is 87.1 Å². The number of nitrogens with one attached hydrogen (secondary N) is 1. The molecule has 238 valence electrons. The third-order valence-corrected chi connectivity index (χ3v) is 7.34. The molecule has 45 heavy (non-hydrogen) atoms. The summed E-state index contributed by atoms with van der Waals surface area (Å²) in [4.78, 5) is 26.4. The van der Waals surface area contributed by atoms with Crippen molar-refractivity contribution in [3.63, 3.8) is 0 Å². The Morgan fingerprint density at radius 1 is 0.933 bits per heavy atom. The van der Waals surface area contributed by atoms with E-state index in [0.29, 0.717) is 23.4 Å². The maximum atomic E-state index is 14.2. The van der Waals surface area contributed by atoms with Gasteiger partial charge in [-0.3, -0.25) is 9.59 Å². The topological polar surface area (TPSA) is 101 Å². The van der Waals surface area contributed by atoms with E-state index in [4.69, 9.17) is 4.74 Å². The van der Waals surface area contributed by atoms with Crippen molar-refractivity contribution in [1.29, 1.82) is 0 Å². The number of rotatable bonds is 12. The van der Waals surface area contributed by atoms with Crippen molar-refractivity contribution in [1.82, 2.24) is 4.57 Å². The molecule has 7 nitrogen and oxygen atoms in total. The highest BCUT2D eigenvalue weighted by Gasteiger charge is 2.31. The molecule has 2 atom stereocenters. The molecule has 4 aromatic rings. The predicted molar refractivity (Wildman–Crippen MR) is 175 cm³/mol. The second-order valence-corrected chi connectivity index (χ2v) is 12.6. The van der Waals surface area contributed by atoms with E-state index < -0.39 is 23.8 Å². The summed E-state index contributed by atoms with van der Waals surface area (Å²) in [5, 5.41) is 24.6. The Morgan fingerprint density at radius 2 is 1.53 bits per heavy atom. The highest BCUT2D eigenvalue weighted by Crippen LogP contribution is 2.42. The van der Waals surface area contributed by atoms with Crippen molar-refractivity contribution in [2.75, 3.05) is 5.32 Å². The first-order valence-corrected chi connectivity index (χ1v) is 15.4. The van der Waals surface area contributed by atoms with Crippen LogP contribution >= 0.6 is 0 Å². The Kier molecular flexibility index (Phi) is 11.0. The molecule has 1 heterocycles. The number of esters is 1. The first-order chi connectivity index (χ1) is 21.3. The summed E-state index contributed by atoms with van der Waals surface area (Å²) in [5.41, 5.74) is 4.22. The minimum Gasteiger partial charge on any atom is -0.460 e. The maximum Gasteiger partial charge on any atom is 0.308 e. The number of halogens is 1. The first-order valence-electron chi connectivity index (χ1n) is 15.4. The predicted octanol–water partition coefficient (Wildman–Crippen LogP) is 7.57. The fourth-order valence-corrected chi connectivity index (χ4v) is 5.58. The Hall–Kier alpha value is -4.27. The summed E-state index contributed by atoms with van der Waals surface area (Å²) < 4.78 is 21.4. The van der Waals surface area contributed by atoms with Gasteiger partial charge in [-0.15, -0.1) is 0 Å². The lowest BCUT2D eigenvalue weighted by molar-refractivity contribution is -0.157. The van der Waals surface area contributed by atoms with E-state index in [-0.39, 0.29) is 36.9 Å². The summed E-state index contributed by atoms with van der Waals surface area (Å²) >= 11 is 0. The van der Waals surface area contributed by atoms with Crippen molar-refractivity contribution in [3.8, 4) is 22.4 Å². The van der Waals surface area contributed by atoms with Crippen LogP contribution in [0.25, 0.3) is 22.4 Å². The molecule has 0 aliphatic heterocycles. The van der Waals surface area contributed by atoms with Gasteiger partial charge in [0.15, 0.2) is 0 Å². The molecule has 1 aromatic heterocycles. The van der Waals surface area contributed by atoms with E-state index in [9.17, 15) is 24.2 Å². The average molecular weight is 617 g/mol. The van der Waals surface area contributed by atoms with Crippen LogP contribution in [0.15, 0.2) is 84.9 Å². The molecule has 0 unspecified atom stereocenters. The normalized spacial score (nSPS) is 13.0. The van der Waals surface area contributed by atoms with E-state index >= 15 is 0 Å². The van der Waals surface area contributed by atoms with Gasteiger partial charge >= 0.3 is 5.97 Å². The minimum atomic E-state index is -1.08. The Bertz CT molecular complexity index is 1580. The number of carbonyl (C=O) groups is 2. The van der Waals surface area contributed by atoms with Crippen molar-refractivity contribution in [2.24, 2.45) is 0 Å². The molecule has 0 aliphatic carbocycles. The fraction of sp³-hybridized carbons (Fsp3) is 0.351. The van der Waals surface area contributed by atoms with E-state index in [1.165, 1.54) is 12.1 Å². The standard InChI is InChI=1S/C37H43FN2O5/c1-24(2)34-33(36(44)39-28-14-10-7-11-15-28)32(25-12-8-6-9-13-25)35(26-16-18-27(38)19-17-26)40(34)21-20-29(41)22-30(42)23-31(43)45-37(3,4)5/h6-19,24,29-30,41-42H,20-23H2,1-5H3,(H,39,44)/t29-,30-/m1/s1/i30+2. The van der Waals surface area contributed by atoms with Crippen LogP contribution in [0.3, 0.4) is 0 Å². The number of nitrogens with zero attached hydrogens (tertiary/aromatic N) is 1. The zero-order valence-electron chi connectivity index (χ0n) is 26.6. The van der Waals surface area contributed by atoms with E-state index in [2.05, 4.69) is 5.32 Å². The zero-order valence-corrected chi connectivity index (χ0v) is 26.6. The first kappa shape index (κ1) is 33.6. The van der Waals surface area contributed by atoms with Gasteiger partial charge in [0.25, 0.3) is 5.91 Å². The Labute approximate surface area is 264 Å². The Morgan fingerprint density at radius 3 is 2.11 bits per heavy atom. The van der Waals surface area contributed by atoms with Gasteiger partial charge < -0.3 is 24.8 Å². The molecule has 3 N–H and O–H groups in total. The van der Waals surface area contributed by atoms with Gasteiger partial charge in [-0.1, -0.05) is 62.4 Å². The molecule has 0 saturated carbocycles. The van der Waals surface area contributed by atoms with Crippen LogP contribution in [0, 0.1) is 5.82 Å². The molecule has 0 aliphatic rings. The third kappa shape index (κ3) is 8.90. The molecule has 4 rings (SSSR count). The lowest BCUT2D eigenvalue weighted by Crippen LogP contribution is -2.28. The minimum absolute atomic E-state index is 0.0176. The molecular formula is C37H43FN2O5. The summed E-state index contributed by atoms with van der Waals surface area (Å²) in [6, 6.07) is 25.0. The molecular weight excluding hydrogens is 573 g/mol. The second-order valence-electron chi connectivity index (χ2n) is 12.6. The van der Waals surface area contributed by atoms with Crippen LogP contribution in [-0.2, 0) is 16.1 Å². The van der Waals surface area contributed by atoms with Gasteiger partial charge in [0.1, 0.15) is 11.4 Å². The number of aromatic nitrogens is 1. The van der Waals surface area contributed by atoms with Gasteiger partial charge in [-0.25, -0.2) is 4.39 Å². The summed E-state index contributed by atoms with van der Waals surface area (Å²) in [6.45, 7) is 9.59. The number of hydrogen-bond acceptors (Lipinski definition) is 5.